The second-order valence-electron chi connectivity index (χ2n) is 3.98. The largest absolute Gasteiger partial charge is 0.489 e. The van der Waals surface area contributed by atoms with Gasteiger partial charge in [-0.1, -0.05) is 44.0 Å². The fraction of sp³-hybridized carbons (Fsp3) is 0.133. The topological polar surface area (TPSA) is 33.0 Å². The summed E-state index contributed by atoms with van der Waals surface area (Å²) in [4.78, 5) is 0. The minimum absolute atomic E-state index is 0.495. The van der Waals surface area contributed by atoms with Crippen molar-refractivity contribution in [1.82, 2.24) is 0 Å². The van der Waals surface area contributed by atoms with Crippen molar-refractivity contribution < 1.29 is 4.74 Å². The van der Waals surface area contributed by atoms with E-state index >= 15 is 0 Å². The highest BCUT2D eigenvalue weighted by molar-refractivity contribution is 9.10. The fourth-order valence-corrected chi connectivity index (χ4v) is 2.81. The summed E-state index contributed by atoms with van der Waals surface area (Å²) < 4.78 is 6.80. The molecule has 2 aromatic carbocycles. The van der Waals surface area contributed by atoms with Crippen LogP contribution in [0.4, 0.5) is 0 Å². The maximum absolute atomic E-state index is 8.73. The quantitative estimate of drug-likeness (QED) is 0.714. The minimum Gasteiger partial charge on any atom is -0.489 e. The Labute approximate surface area is 129 Å². The zero-order chi connectivity index (χ0) is 13.7. The van der Waals surface area contributed by atoms with Crippen LogP contribution >= 0.6 is 31.9 Å². The number of rotatable bonds is 4. The van der Waals surface area contributed by atoms with Gasteiger partial charge in [-0.05, 0) is 41.5 Å². The number of hydrogen-bond donors (Lipinski definition) is 0. The lowest BCUT2D eigenvalue weighted by molar-refractivity contribution is 0.306. The number of nitrogens with zero attached hydrogens (tertiary/aromatic N) is 1. The van der Waals surface area contributed by atoms with Gasteiger partial charge in [-0.15, -0.1) is 0 Å². The van der Waals surface area contributed by atoms with Gasteiger partial charge >= 0.3 is 0 Å². The van der Waals surface area contributed by atoms with E-state index in [1.54, 1.807) is 12.1 Å². The van der Waals surface area contributed by atoms with Gasteiger partial charge in [0.15, 0.2) is 0 Å². The van der Waals surface area contributed by atoms with E-state index in [1.807, 2.05) is 30.3 Å². The minimum atomic E-state index is 0.495. The summed E-state index contributed by atoms with van der Waals surface area (Å²) in [6, 6.07) is 15.4. The standard InChI is InChI=1S/C15H11Br2NO/c16-8-13-7-14(5-6-15(13)17)19-10-12-3-1-11(9-18)2-4-12/h1-7H,8,10H2. The average molecular weight is 381 g/mol. The van der Waals surface area contributed by atoms with Crippen LogP contribution in [0.1, 0.15) is 16.7 Å². The molecule has 0 amide bonds. The molecule has 0 spiro atoms. The van der Waals surface area contributed by atoms with Gasteiger partial charge in [0.25, 0.3) is 0 Å². The number of halogens is 2. The molecule has 0 atom stereocenters. The Bertz CT molecular complexity index is 603. The van der Waals surface area contributed by atoms with Crippen molar-refractivity contribution in [3.05, 3.63) is 63.6 Å². The van der Waals surface area contributed by atoms with Crippen molar-refractivity contribution in [2.45, 2.75) is 11.9 Å². The number of alkyl halides is 1. The average Bonchev–Trinajstić information content (AvgIpc) is 2.47. The Morgan fingerprint density at radius 1 is 1.11 bits per heavy atom. The molecule has 2 nitrogen and oxygen atoms in total. The van der Waals surface area contributed by atoms with Gasteiger partial charge in [-0.2, -0.15) is 5.26 Å². The van der Waals surface area contributed by atoms with Crippen molar-refractivity contribution in [2.24, 2.45) is 0 Å². The predicted molar refractivity (Wildman–Crippen MR) is 82.3 cm³/mol. The van der Waals surface area contributed by atoms with Crippen LogP contribution in [0.2, 0.25) is 0 Å². The molecule has 2 aromatic rings. The van der Waals surface area contributed by atoms with Gasteiger partial charge in [-0.25, -0.2) is 0 Å². The highest BCUT2D eigenvalue weighted by Crippen LogP contribution is 2.25. The summed E-state index contributed by atoms with van der Waals surface area (Å²) in [6.45, 7) is 0.495. The van der Waals surface area contributed by atoms with Crippen LogP contribution in [-0.4, -0.2) is 0 Å². The van der Waals surface area contributed by atoms with Gasteiger partial charge in [0.05, 0.1) is 11.6 Å². The first-order valence-electron chi connectivity index (χ1n) is 5.69. The molecule has 0 unspecified atom stereocenters. The van der Waals surface area contributed by atoms with Crippen molar-refractivity contribution in [3.63, 3.8) is 0 Å². The number of benzene rings is 2. The Hall–Kier alpha value is -1.31. The zero-order valence-electron chi connectivity index (χ0n) is 10.1. The first kappa shape index (κ1) is 14.1. The van der Waals surface area contributed by atoms with Crippen LogP contribution in [-0.2, 0) is 11.9 Å². The smallest absolute Gasteiger partial charge is 0.120 e. The van der Waals surface area contributed by atoms with Gasteiger partial charge in [0, 0.05) is 9.80 Å². The molecule has 0 saturated carbocycles. The van der Waals surface area contributed by atoms with Gasteiger partial charge < -0.3 is 4.74 Å². The van der Waals surface area contributed by atoms with E-state index in [0.29, 0.717) is 12.2 Å². The molecule has 0 heterocycles. The van der Waals surface area contributed by atoms with Gasteiger partial charge in [0.1, 0.15) is 12.4 Å². The van der Waals surface area contributed by atoms with Crippen molar-refractivity contribution in [1.29, 1.82) is 5.26 Å². The Morgan fingerprint density at radius 2 is 1.84 bits per heavy atom. The molecule has 0 saturated heterocycles. The summed E-state index contributed by atoms with van der Waals surface area (Å²) in [5, 5.41) is 9.51. The first-order chi connectivity index (χ1) is 9.22. The molecule has 0 bridgehead atoms. The monoisotopic (exact) mass is 379 g/mol. The third kappa shape index (κ3) is 3.82. The normalized spacial score (nSPS) is 9.95. The number of nitriles is 1. The molecule has 0 aliphatic carbocycles. The molecule has 4 heteroatoms. The molecule has 2 rings (SSSR count). The van der Waals surface area contributed by atoms with Crippen molar-refractivity contribution >= 4 is 31.9 Å². The summed E-state index contributed by atoms with van der Waals surface area (Å²) in [5.41, 5.74) is 2.86. The second-order valence-corrected chi connectivity index (χ2v) is 5.40. The summed E-state index contributed by atoms with van der Waals surface area (Å²) >= 11 is 6.92. The molecular weight excluding hydrogens is 370 g/mol. The Balaban J connectivity index is 2.03. The van der Waals surface area contributed by atoms with Crippen LogP contribution in [0.5, 0.6) is 5.75 Å². The van der Waals surface area contributed by atoms with E-state index in [2.05, 4.69) is 37.9 Å². The highest BCUT2D eigenvalue weighted by Gasteiger charge is 2.02. The molecule has 0 aromatic heterocycles. The zero-order valence-corrected chi connectivity index (χ0v) is 13.2. The van der Waals surface area contributed by atoms with Crippen LogP contribution in [0, 0.1) is 11.3 Å². The molecule has 19 heavy (non-hydrogen) atoms. The van der Waals surface area contributed by atoms with Crippen LogP contribution < -0.4 is 4.74 Å². The Morgan fingerprint density at radius 3 is 2.47 bits per heavy atom. The molecule has 0 aliphatic heterocycles. The van der Waals surface area contributed by atoms with Crippen LogP contribution in [0.15, 0.2) is 46.9 Å². The SMILES string of the molecule is N#Cc1ccc(COc2ccc(Br)c(CBr)c2)cc1. The van der Waals surface area contributed by atoms with Crippen molar-refractivity contribution in [3.8, 4) is 11.8 Å². The van der Waals surface area contributed by atoms with Gasteiger partial charge in [-0.3, -0.25) is 0 Å². The third-order valence-electron chi connectivity index (χ3n) is 2.65. The number of ether oxygens (including phenoxy) is 1. The lowest BCUT2D eigenvalue weighted by Crippen LogP contribution is -1.96. The number of hydrogen-bond acceptors (Lipinski definition) is 2. The van der Waals surface area contributed by atoms with Gasteiger partial charge in [0.2, 0.25) is 0 Å². The molecule has 0 radical (unpaired) electrons. The summed E-state index contributed by atoms with van der Waals surface area (Å²) in [5.74, 6) is 0.835. The van der Waals surface area contributed by atoms with Crippen molar-refractivity contribution in [2.75, 3.05) is 0 Å². The lowest BCUT2D eigenvalue weighted by Gasteiger charge is -2.08. The van der Waals surface area contributed by atoms with E-state index in [1.165, 1.54) is 0 Å². The summed E-state index contributed by atoms with van der Waals surface area (Å²) in [7, 11) is 0. The summed E-state index contributed by atoms with van der Waals surface area (Å²) in [6.07, 6.45) is 0. The van der Waals surface area contributed by atoms with E-state index in [4.69, 9.17) is 10.00 Å². The van der Waals surface area contributed by atoms with Crippen LogP contribution in [0.3, 0.4) is 0 Å². The Kier molecular flexibility index (Phi) is 5.00. The fourth-order valence-electron chi connectivity index (χ4n) is 1.59. The van der Waals surface area contributed by atoms with Crippen LogP contribution in [0.25, 0.3) is 0 Å². The molecule has 0 N–H and O–H groups in total. The lowest BCUT2D eigenvalue weighted by atomic mass is 10.1. The highest BCUT2D eigenvalue weighted by atomic mass is 79.9. The maximum atomic E-state index is 8.73. The van der Waals surface area contributed by atoms with E-state index in [9.17, 15) is 0 Å². The van der Waals surface area contributed by atoms with E-state index < -0.39 is 0 Å². The van der Waals surface area contributed by atoms with E-state index in [-0.39, 0.29) is 0 Å². The molecule has 0 aliphatic rings. The molecular formula is C15H11Br2NO. The predicted octanol–water partition coefficient (Wildman–Crippen LogP) is 4.79. The second kappa shape index (κ2) is 6.74. The molecule has 96 valence electrons. The first-order valence-corrected chi connectivity index (χ1v) is 7.60. The van der Waals surface area contributed by atoms with E-state index in [0.717, 1.165) is 26.7 Å². The third-order valence-corrected chi connectivity index (χ3v) is 4.03. The maximum Gasteiger partial charge on any atom is 0.120 e. The molecule has 0 fully saturated rings.